The largest absolute Gasteiger partial charge is 0.180 e. The Hall–Kier alpha value is 0.298. The monoisotopic (exact) mass is 551 g/mol. The quantitative estimate of drug-likeness (QED) is 0.244. The van der Waals surface area contributed by atoms with Gasteiger partial charge in [-0.1, -0.05) is 32.4 Å². The van der Waals surface area contributed by atoms with Crippen LogP contribution in [0.1, 0.15) is 45.1 Å². The van der Waals surface area contributed by atoms with Crippen molar-refractivity contribution in [1.29, 1.82) is 0 Å². The summed E-state index contributed by atoms with van der Waals surface area (Å²) in [5.74, 6) is 0. The molecule has 0 amide bonds. The topological polar surface area (TPSA) is 0 Å². The van der Waals surface area contributed by atoms with E-state index in [9.17, 15) is 0 Å². The van der Waals surface area contributed by atoms with Crippen LogP contribution in [0.4, 0.5) is 0 Å². The van der Waals surface area contributed by atoms with Crippen molar-refractivity contribution in [1.82, 2.24) is 0 Å². The summed E-state index contributed by atoms with van der Waals surface area (Å²) >= 11 is 0. The first-order valence-electron chi connectivity index (χ1n) is 10.1. The Bertz CT molecular complexity index is 794. The molecule has 0 heterocycles. The molecule has 0 aromatic heterocycles. The summed E-state index contributed by atoms with van der Waals surface area (Å²) in [6.45, 7) is 6.87. The number of unbranched alkanes of at least 4 members (excludes halogenated alkanes) is 1. The van der Waals surface area contributed by atoms with Crippen LogP contribution in [-0.2, 0) is 65.4 Å². The Morgan fingerprint density at radius 1 is 0.828 bits per heavy atom. The molecule has 0 spiro atoms. The predicted molar refractivity (Wildman–Crippen MR) is 121 cm³/mol. The summed E-state index contributed by atoms with van der Waals surface area (Å²) in [4.78, 5) is 0. The Morgan fingerprint density at radius 3 is 1.86 bits per heavy atom. The zero-order valence-electron chi connectivity index (χ0n) is 17.9. The van der Waals surface area contributed by atoms with Gasteiger partial charge in [0, 0.05) is 72.7 Å². The summed E-state index contributed by atoms with van der Waals surface area (Å²) < 4.78 is 0. The minimum atomic E-state index is -1.78. The number of benzene rings is 3. The van der Waals surface area contributed by atoms with Crippen molar-refractivity contribution in [3.63, 3.8) is 0 Å². The predicted octanol–water partition coefficient (Wildman–Crippen LogP) is 5.85. The fraction of sp³-hybridized carbons (Fsp3) is 0.308. The second kappa shape index (κ2) is 13.7. The minimum absolute atomic E-state index is 0. The number of hydrogen-bond donors (Lipinski definition) is 0. The summed E-state index contributed by atoms with van der Waals surface area (Å²) in [7, 11) is -1.78. The van der Waals surface area contributed by atoms with Crippen LogP contribution in [0.25, 0.3) is 0 Å². The first-order valence-corrected chi connectivity index (χ1v) is 12.0. The van der Waals surface area contributed by atoms with Crippen molar-refractivity contribution in [2.24, 2.45) is 0 Å². The minimum Gasteiger partial charge on any atom is -0.180 e. The molecule has 0 aliphatic heterocycles. The molecule has 0 nitrogen and oxygen atoms in total. The Morgan fingerprint density at radius 2 is 1.41 bits per heavy atom. The zero-order chi connectivity index (χ0) is 19.1. The number of rotatable bonds is 8. The van der Waals surface area contributed by atoms with E-state index >= 15 is 0 Å². The van der Waals surface area contributed by atoms with Gasteiger partial charge >= 0.3 is 0 Å². The summed E-state index contributed by atoms with van der Waals surface area (Å²) in [5.41, 5.74) is 1.97. The summed E-state index contributed by atoms with van der Waals surface area (Å²) in [5, 5.41) is 4.38. The van der Waals surface area contributed by atoms with E-state index in [1.54, 1.807) is 0 Å². The van der Waals surface area contributed by atoms with E-state index < -0.39 is 7.26 Å². The average Bonchev–Trinajstić information content (AvgIpc) is 2.72. The van der Waals surface area contributed by atoms with E-state index in [1.165, 1.54) is 47.2 Å². The molecule has 0 saturated carbocycles. The normalized spacial score (nSPS) is 11.8. The van der Waals surface area contributed by atoms with Crippen molar-refractivity contribution in [3.05, 3.63) is 90.5 Å². The van der Waals surface area contributed by atoms with Crippen LogP contribution in [-0.4, -0.2) is 5.66 Å². The van der Waals surface area contributed by atoms with Crippen molar-refractivity contribution in [2.45, 2.75) is 52.1 Å². The maximum atomic E-state index is 3.37. The third-order valence-electron chi connectivity index (χ3n) is 5.51. The number of hydrogen-bond acceptors (Lipinski definition) is 0. The molecule has 0 fully saturated rings. The van der Waals surface area contributed by atoms with Crippen molar-refractivity contribution >= 4 is 23.2 Å². The summed E-state index contributed by atoms with van der Waals surface area (Å²) in [6, 6.07) is 33.4. The first-order chi connectivity index (χ1) is 13.2. The molecular weight excluding hydrogens is 521 g/mol. The molecule has 29 heavy (non-hydrogen) atoms. The molecule has 3 aromatic rings. The van der Waals surface area contributed by atoms with Crippen LogP contribution in [0.15, 0.2) is 72.8 Å². The second-order valence-electron chi connectivity index (χ2n) is 7.29. The van der Waals surface area contributed by atoms with E-state index in [1.807, 2.05) is 12.1 Å². The molecule has 3 heteroatoms. The van der Waals surface area contributed by atoms with Crippen molar-refractivity contribution in [3.8, 4) is 0 Å². The van der Waals surface area contributed by atoms with Gasteiger partial charge in [0.2, 0.25) is 0 Å². The molecular formula is C26H30PY2-. The molecule has 1 unspecified atom stereocenters. The van der Waals surface area contributed by atoms with E-state index in [-0.39, 0.29) is 65.4 Å². The smallest absolute Gasteiger partial charge is 0.0827 e. The Balaban J connectivity index is 0.00000210. The van der Waals surface area contributed by atoms with Crippen molar-refractivity contribution < 1.29 is 65.4 Å². The SMILES string of the molecule is CCCCC(CC)[P+](c1c[c-]ccc1)(c1c[c-]ccc1)c1cccc(C)c1.[Y].[Y]. The fourth-order valence-electron chi connectivity index (χ4n) is 4.24. The first kappa shape index (κ1) is 27.3. The molecule has 1 atom stereocenters. The molecule has 0 bridgehead atoms. The Labute approximate surface area is 228 Å². The van der Waals surface area contributed by atoms with Gasteiger partial charge in [-0.3, -0.25) is 0 Å². The third-order valence-corrected chi connectivity index (χ3v) is 10.5. The van der Waals surface area contributed by atoms with Gasteiger partial charge in [-0.05, 0) is 54.5 Å². The van der Waals surface area contributed by atoms with Gasteiger partial charge in [-0.2, -0.15) is 36.4 Å². The zero-order valence-corrected chi connectivity index (χ0v) is 24.5. The van der Waals surface area contributed by atoms with Gasteiger partial charge in [-0.15, -0.1) is 24.3 Å². The molecule has 0 saturated heterocycles. The van der Waals surface area contributed by atoms with Gasteiger partial charge in [0.05, 0.1) is 11.0 Å². The fourth-order valence-corrected chi connectivity index (χ4v) is 9.45. The van der Waals surface area contributed by atoms with E-state index in [4.69, 9.17) is 0 Å². The maximum Gasteiger partial charge on any atom is 0.0827 e. The molecule has 0 aliphatic rings. The molecule has 2 radical (unpaired) electrons. The van der Waals surface area contributed by atoms with Crippen LogP contribution in [0.5, 0.6) is 0 Å². The molecule has 0 N–H and O–H groups in total. The van der Waals surface area contributed by atoms with Crippen LogP contribution in [0.3, 0.4) is 0 Å². The van der Waals surface area contributed by atoms with Gasteiger partial charge in [0.15, 0.2) is 0 Å². The van der Waals surface area contributed by atoms with Crippen LogP contribution in [0.2, 0.25) is 0 Å². The van der Waals surface area contributed by atoms with Crippen LogP contribution in [0, 0.1) is 19.1 Å². The molecule has 146 valence electrons. The van der Waals surface area contributed by atoms with E-state index in [0.29, 0.717) is 5.66 Å². The maximum absolute atomic E-state index is 3.37. The average molecular weight is 551 g/mol. The van der Waals surface area contributed by atoms with Crippen molar-refractivity contribution in [2.75, 3.05) is 0 Å². The Kier molecular flexibility index (Phi) is 12.9. The summed E-state index contributed by atoms with van der Waals surface area (Å²) in [6.07, 6.45) is 4.97. The molecule has 3 rings (SSSR count). The van der Waals surface area contributed by atoms with Crippen LogP contribution >= 0.6 is 7.26 Å². The van der Waals surface area contributed by atoms with E-state index in [0.717, 1.165) is 0 Å². The number of aryl methyl sites for hydroxylation is 1. The standard InChI is InChI=1S/C26H30P.2Y/c1-4-6-15-23(5-2)27(24-16-9-7-10-17-24,25-18-11-8-12-19-25)26-20-13-14-22(3)21-26;;/h7-9,11,13-14,16-21,23H,4-6,15H2,1-3H3;;/q-1;;. The van der Waals surface area contributed by atoms with Gasteiger partial charge in [0.1, 0.15) is 0 Å². The van der Waals surface area contributed by atoms with Gasteiger partial charge in [-0.25, -0.2) is 0 Å². The molecule has 3 aromatic carbocycles. The second-order valence-corrected chi connectivity index (χ2v) is 11.0. The van der Waals surface area contributed by atoms with Gasteiger partial charge in [0.25, 0.3) is 0 Å². The third kappa shape index (κ3) is 6.17. The van der Waals surface area contributed by atoms with E-state index in [2.05, 4.69) is 93.6 Å². The van der Waals surface area contributed by atoms with Crippen LogP contribution < -0.4 is 15.9 Å². The molecule has 0 aliphatic carbocycles. The van der Waals surface area contributed by atoms with Gasteiger partial charge < -0.3 is 0 Å².